The van der Waals surface area contributed by atoms with E-state index in [2.05, 4.69) is 11.4 Å². The van der Waals surface area contributed by atoms with E-state index in [0.717, 1.165) is 0 Å². The van der Waals surface area contributed by atoms with Gasteiger partial charge < -0.3 is 9.84 Å². The Morgan fingerprint density at radius 1 is 1.50 bits per heavy atom. The van der Waals surface area contributed by atoms with Crippen LogP contribution in [0.3, 0.4) is 0 Å². The number of β-amino-alcohol motifs (C(OH)–C–C–N with tert-alkyl or cyclic N) is 1. The number of aliphatic hydroxyl groups excluding tert-OH is 1. The molecule has 0 unspecified atom stereocenters. The number of nitriles is 1. The first-order valence-corrected chi connectivity index (χ1v) is 4.18. The van der Waals surface area contributed by atoms with E-state index in [1.165, 1.54) is 0 Å². The van der Waals surface area contributed by atoms with Gasteiger partial charge in [0.25, 0.3) is 0 Å². The Kier molecular flexibility index (Phi) is 3.48. The minimum absolute atomic E-state index is 0.0737. The molecule has 4 heteroatoms. The summed E-state index contributed by atoms with van der Waals surface area (Å²) in [4.78, 5) is 0. The average molecular weight is 170 g/mol. The zero-order valence-corrected chi connectivity index (χ0v) is 7.05. The van der Waals surface area contributed by atoms with Crippen molar-refractivity contribution < 1.29 is 9.84 Å². The summed E-state index contributed by atoms with van der Waals surface area (Å²) in [7, 11) is 0. The lowest BCUT2D eigenvalue weighted by Gasteiger charge is -2.31. The zero-order valence-electron chi connectivity index (χ0n) is 7.05. The molecular formula is C8H14N2O2. The van der Waals surface area contributed by atoms with Gasteiger partial charge in [-0.2, -0.15) is 5.26 Å². The number of hydrogen-bond donors (Lipinski definition) is 2. The highest BCUT2D eigenvalue weighted by molar-refractivity contribution is 5.08. The predicted octanol–water partition coefficient (Wildman–Crippen LogP) is -0.359. The molecule has 0 aromatic carbocycles. The Balaban J connectivity index is 2.44. The first-order chi connectivity index (χ1) is 5.83. The van der Waals surface area contributed by atoms with Crippen molar-refractivity contribution in [1.82, 2.24) is 5.32 Å². The Morgan fingerprint density at radius 2 is 2.17 bits per heavy atom. The number of nitrogens with one attached hydrogen (secondary N) is 1. The van der Waals surface area contributed by atoms with Crippen LogP contribution < -0.4 is 5.32 Å². The van der Waals surface area contributed by atoms with E-state index < -0.39 is 5.54 Å². The average Bonchev–Trinajstić information content (AvgIpc) is 2.16. The lowest BCUT2D eigenvalue weighted by molar-refractivity contribution is 0.0564. The Bertz CT molecular complexity index is 170. The van der Waals surface area contributed by atoms with E-state index in [1.54, 1.807) is 0 Å². The smallest absolute Gasteiger partial charge is 0.111 e. The lowest BCUT2D eigenvalue weighted by Crippen LogP contribution is -2.49. The quantitative estimate of drug-likeness (QED) is 0.607. The van der Waals surface area contributed by atoms with E-state index in [1.807, 2.05) is 0 Å². The molecule has 0 aromatic rings. The summed E-state index contributed by atoms with van der Waals surface area (Å²) in [5.74, 6) is 0. The Morgan fingerprint density at radius 3 is 2.67 bits per heavy atom. The highest BCUT2D eigenvalue weighted by Crippen LogP contribution is 2.18. The second kappa shape index (κ2) is 4.41. The van der Waals surface area contributed by atoms with Gasteiger partial charge in [0.2, 0.25) is 0 Å². The summed E-state index contributed by atoms with van der Waals surface area (Å²) in [5, 5.41) is 20.6. The van der Waals surface area contributed by atoms with Crippen LogP contribution in [0.5, 0.6) is 0 Å². The molecule has 0 aromatic heterocycles. The van der Waals surface area contributed by atoms with Gasteiger partial charge in [-0.25, -0.2) is 0 Å². The molecular weight excluding hydrogens is 156 g/mol. The summed E-state index contributed by atoms with van der Waals surface area (Å²) in [6, 6.07) is 2.25. The summed E-state index contributed by atoms with van der Waals surface area (Å²) in [5.41, 5.74) is -0.457. The van der Waals surface area contributed by atoms with Gasteiger partial charge in [-0.1, -0.05) is 0 Å². The fraction of sp³-hybridized carbons (Fsp3) is 0.875. The first kappa shape index (κ1) is 9.46. The van der Waals surface area contributed by atoms with Crippen LogP contribution in [0, 0.1) is 11.3 Å². The van der Waals surface area contributed by atoms with E-state index in [9.17, 15) is 0 Å². The summed E-state index contributed by atoms with van der Waals surface area (Å²) < 4.78 is 5.15. The van der Waals surface area contributed by atoms with Crippen molar-refractivity contribution in [2.45, 2.75) is 18.4 Å². The molecule has 0 aliphatic carbocycles. The second-order valence-electron chi connectivity index (χ2n) is 2.96. The molecule has 1 fully saturated rings. The molecule has 0 amide bonds. The molecule has 68 valence electrons. The zero-order chi connectivity index (χ0) is 8.86. The topological polar surface area (TPSA) is 65.3 Å². The van der Waals surface area contributed by atoms with Crippen molar-refractivity contribution >= 4 is 0 Å². The number of ether oxygens (including phenoxy) is 1. The van der Waals surface area contributed by atoms with Crippen LogP contribution in [-0.2, 0) is 4.74 Å². The maximum Gasteiger partial charge on any atom is 0.111 e. The van der Waals surface area contributed by atoms with E-state index in [4.69, 9.17) is 15.1 Å². The third kappa shape index (κ3) is 2.18. The molecule has 1 aliphatic heterocycles. The maximum absolute atomic E-state index is 8.92. The summed E-state index contributed by atoms with van der Waals surface area (Å²) >= 11 is 0. The van der Waals surface area contributed by atoms with Crippen LogP contribution in [0.2, 0.25) is 0 Å². The normalized spacial score (nSPS) is 21.7. The number of hydrogen-bond acceptors (Lipinski definition) is 4. The third-order valence-electron chi connectivity index (χ3n) is 2.14. The highest BCUT2D eigenvalue weighted by atomic mass is 16.5. The van der Waals surface area contributed by atoms with Gasteiger partial charge in [0.15, 0.2) is 0 Å². The summed E-state index contributed by atoms with van der Waals surface area (Å²) in [6.07, 6.45) is 1.42. The Hall–Kier alpha value is -0.630. The molecule has 4 nitrogen and oxygen atoms in total. The van der Waals surface area contributed by atoms with Crippen molar-refractivity contribution in [2.24, 2.45) is 0 Å². The molecule has 12 heavy (non-hydrogen) atoms. The number of aliphatic hydroxyl groups is 1. The van der Waals surface area contributed by atoms with Crippen LogP contribution in [0.4, 0.5) is 0 Å². The van der Waals surface area contributed by atoms with Crippen molar-refractivity contribution in [3.05, 3.63) is 0 Å². The molecule has 2 N–H and O–H groups in total. The fourth-order valence-corrected chi connectivity index (χ4v) is 1.34. The van der Waals surface area contributed by atoms with Gasteiger partial charge in [-0.15, -0.1) is 0 Å². The molecule has 0 bridgehead atoms. The highest BCUT2D eigenvalue weighted by Gasteiger charge is 2.31. The van der Waals surface area contributed by atoms with Gasteiger partial charge in [-0.3, -0.25) is 5.32 Å². The second-order valence-corrected chi connectivity index (χ2v) is 2.96. The molecule has 1 rings (SSSR count). The van der Waals surface area contributed by atoms with E-state index in [-0.39, 0.29) is 6.61 Å². The summed E-state index contributed by atoms with van der Waals surface area (Å²) in [6.45, 7) is 1.82. The minimum atomic E-state index is -0.457. The monoisotopic (exact) mass is 170 g/mol. The molecule has 0 radical (unpaired) electrons. The molecule has 1 heterocycles. The lowest BCUT2D eigenvalue weighted by atomic mass is 9.92. The van der Waals surface area contributed by atoms with E-state index in [0.29, 0.717) is 32.6 Å². The van der Waals surface area contributed by atoms with Crippen LogP contribution in [-0.4, -0.2) is 37.0 Å². The molecule has 0 atom stereocenters. The van der Waals surface area contributed by atoms with Crippen LogP contribution in [0.1, 0.15) is 12.8 Å². The number of nitrogens with zero attached hydrogens (tertiary/aromatic N) is 1. The Labute approximate surface area is 72.1 Å². The van der Waals surface area contributed by atoms with Crippen LogP contribution in [0.25, 0.3) is 0 Å². The van der Waals surface area contributed by atoms with Gasteiger partial charge in [0.05, 0.1) is 12.7 Å². The fourth-order valence-electron chi connectivity index (χ4n) is 1.34. The number of rotatable bonds is 3. The van der Waals surface area contributed by atoms with Gasteiger partial charge in [0, 0.05) is 32.6 Å². The minimum Gasteiger partial charge on any atom is -0.395 e. The van der Waals surface area contributed by atoms with Crippen molar-refractivity contribution in [1.29, 1.82) is 5.26 Å². The standard InChI is InChI=1S/C8H14N2O2/c9-7-8(10-3-4-11)1-5-12-6-2-8/h10-11H,1-6H2. The van der Waals surface area contributed by atoms with E-state index >= 15 is 0 Å². The van der Waals surface area contributed by atoms with Crippen molar-refractivity contribution in [3.8, 4) is 6.07 Å². The molecule has 0 spiro atoms. The van der Waals surface area contributed by atoms with Crippen molar-refractivity contribution in [2.75, 3.05) is 26.4 Å². The van der Waals surface area contributed by atoms with Crippen LogP contribution >= 0.6 is 0 Å². The van der Waals surface area contributed by atoms with Crippen LogP contribution in [0.15, 0.2) is 0 Å². The van der Waals surface area contributed by atoms with Crippen molar-refractivity contribution in [3.63, 3.8) is 0 Å². The third-order valence-corrected chi connectivity index (χ3v) is 2.14. The largest absolute Gasteiger partial charge is 0.395 e. The SMILES string of the molecule is N#CC1(NCCO)CCOCC1. The molecule has 1 saturated heterocycles. The molecule has 0 saturated carbocycles. The predicted molar refractivity (Wildman–Crippen MR) is 43.5 cm³/mol. The maximum atomic E-state index is 8.92. The molecule has 1 aliphatic rings. The van der Waals surface area contributed by atoms with Gasteiger partial charge >= 0.3 is 0 Å². The van der Waals surface area contributed by atoms with Gasteiger partial charge in [-0.05, 0) is 0 Å². The first-order valence-electron chi connectivity index (χ1n) is 4.18. The van der Waals surface area contributed by atoms with Gasteiger partial charge in [0.1, 0.15) is 5.54 Å².